The molecule has 1 aromatic heterocycles. The molecule has 2 aromatic rings. The van der Waals surface area contributed by atoms with Crippen LogP contribution < -0.4 is 21.9 Å². The van der Waals surface area contributed by atoms with E-state index in [2.05, 4.69) is 20.2 Å². The molecule has 0 saturated carbocycles. The van der Waals surface area contributed by atoms with E-state index in [1.54, 1.807) is 0 Å². The summed E-state index contributed by atoms with van der Waals surface area (Å²) in [5.41, 5.74) is 4.95. The van der Waals surface area contributed by atoms with E-state index in [-0.39, 0.29) is 23.3 Å². The van der Waals surface area contributed by atoms with Crippen LogP contribution in [0.4, 0.5) is 29.6 Å². The molecule has 0 atom stereocenters. The molecular formula is C22H28F3N7O2. The topological polar surface area (TPSA) is 140 Å². The number of aromatic amines is 1. The highest BCUT2D eigenvalue weighted by molar-refractivity contribution is 5.98. The van der Waals surface area contributed by atoms with E-state index >= 15 is 0 Å². The van der Waals surface area contributed by atoms with E-state index in [1.807, 2.05) is 5.32 Å². The van der Waals surface area contributed by atoms with Crippen LogP contribution in [0.3, 0.4) is 0 Å². The summed E-state index contributed by atoms with van der Waals surface area (Å²) in [7, 11) is 0. The van der Waals surface area contributed by atoms with Gasteiger partial charge in [0.15, 0.2) is 11.6 Å². The van der Waals surface area contributed by atoms with Crippen molar-refractivity contribution in [3.8, 4) is 0 Å². The summed E-state index contributed by atoms with van der Waals surface area (Å²) < 4.78 is 39.9. The average Bonchev–Trinajstić information content (AvgIpc) is 2.78. The lowest BCUT2D eigenvalue weighted by Crippen LogP contribution is -2.35. The number of likely N-dealkylation sites (tertiary alicyclic amines) is 1. The summed E-state index contributed by atoms with van der Waals surface area (Å²) in [6.45, 7) is 2.69. The van der Waals surface area contributed by atoms with Gasteiger partial charge in [0.25, 0.3) is 5.56 Å². The van der Waals surface area contributed by atoms with Crippen LogP contribution in [-0.2, 0) is 0 Å². The van der Waals surface area contributed by atoms with Gasteiger partial charge in [-0.15, -0.1) is 0 Å². The maximum absolute atomic E-state index is 13.7. The zero-order valence-electron chi connectivity index (χ0n) is 18.6. The van der Waals surface area contributed by atoms with E-state index in [4.69, 9.17) is 11.1 Å². The molecule has 9 nitrogen and oxygen atoms in total. The molecule has 0 aliphatic carbocycles. The molecule has 34 heavy (non-hydrogen) atoms. The van der Waals surface area contributed by atoms with Crippen LogP contribution in [0.25, 0.3) is 0 Å². The first-order chi connectivity index (χ1) is 16.2. The summed E-state index contributed by atoms with van der Waals surface area (Å²) >= 11 is 0. The number of H-pyrrole nitrogens is 1. The van der Waals surface area contributed by atoms with Gasteiger partial charge < -0.3 is 16.0 Å². The summed E-state index contributed by atoms with van der Waals surface area (Å²) in [5.74, 6) is -3.72. The molecule has 0 unspecified atom stereocenters. The average molecular weight is 480 g/mol. The third-order valence-electron chi connectivity index (χ3n) is 5.76. The lowest BCUT2D eigenvalue weighted by atomic mass is 9.91. The number of anilines is 2. The Labute approximate surface area is 194 Å². The van der Waals surface area contributed by atoms with Gasteiger partial charge in [0, 0.05) is 30.3 Å². The molecule has 1 aromatic carbocycles. The van der Waals surface area contributed by atoms with Gasteiger partial charge in [-0.1, -0.05) is 6.42 Å². The number of hydrogen-bond donors (Lipinski definition) is 5. The fraction of sp³-hybridized carbons (Fsp3) is 0.455. The highest BCUT2D eigenvalue weighted by Crippen LogP contribution is 2.26. The van der Waals surface area contributed by atoms with Gasteiger partial charge in [-0.25, -0.2) is 22.9 Å². The zero-order chi connectivity index (χ0) is 24.7. The number of aromatic nitrogens is 2. The lowest BCUT2D eigenvalue weighted by Gasteiger charge is -2.31. The molecule has 6 N–H and O–H groups in total. The fourth-order valence-corrected chi connectivity index (χ4v) is 3.93. The van der Waals surface area contributed by atoms with Crippen LogP contribution >= 0.6 is 0 Å². The van der Waals surface area contributed by atoms with Crippen molar-refractivity contribution in [2.45, 2.75) is 44.4 Å². The van der Waals surface area contributed by atoms with Crippen molar-refractivity contribution in [1.82, 2.24) is 14.9 Å². The fourth-order valence-electron chi connectivity index (χ4n) is 3.93. The number of halogens is 3. The van der Waals surface area contributed by atoms with Gasteiger partial charge in [0.05, 0.1) is 11.5 Å². The van der Waals surface area contributed by atoms with Crippen LogP contribution in [0, 0.1) is 22.9 Å². The second-order valence-electron chi connectivity index (χ2n) is 8.29. The number of rotatable bonds is 9. The monoisotopic (exact) mass is 479 g/mol. The number of carbonyl (C=O) groups is 1. The number of amidine groups is 1. The highest BCUT2D eigenvalue weighted by atomic mass is 19.2. The van der Waals surface area contributed by atoms with Crippen LogP contribution in [0.1, 0.15) is 50.0 Å². The molecule has 0 bridgehead atoms. The zero-order valence-corrected chi connectivity index (χ0v) is 18.6. The first-order valence-corrected chi connectivity index (χ1v) is 11.1. The van der Waals surface area contributed by atoms with Gasteiger partial charge in [-0.05, 0) is 51.2 Å². The van der Waals surface area contributed by atoms with Gasteiger partial charge in [-0.2, -0.15) is 0 Å². The molecule has 1 saturated heterocycles. The number of unbranched alkanes of at least 4 members (excludes halogenated alkanes) is 2. The second-order valence-corrected chi connectivity index (χ2v) is 8.29. The summed E-state index contributed by atoms with van der Waals surface area (Å²) in [5, 5.41) is 11.5. The van der Waals surface area contributed by atoms with E-state index in [0.717, 1.165) is 51.7 Å². The number of nitrogens with zero attached hydrogens (tertiary/aromatic N) is 2. The first-order valence-electron chi connectivity index (χ1n) is 11.1. The van der Waals surface area contributed by atoms with Gasteiger partial charge in [0.1, 0.15) is 5.82 Å². The molecule has 3 rings (SSSR count). The molecule has 2 amide bonds. The van der Waals surface area contributed by atoms with E-state index in [1.165, 1.54) is 6.20 Å². The number of piperidine rings is 1. The highest BCUT2D eigenvalue weighted by Gasteiger charge is 2.23. The van der Waals surface area contributed by atoms with Crippen molar-refractivity contribution >= 4 is 23.5 Å². The number of amides is 2. The Morgan fingerprint density at radius 2 is 1.82 bits per heavy atom. The largest absolute Gasteiger partial charge is 0.388 e. The van der Waals surface area contributed by atoms with Gasteiger partial charge in [0.2, 0.25) is 5.95 Å². The van der Waals surface area contributed by atoms with E-state index < -0.39 is 29.2 Å². The van der Waals surface area contributed by atoms with Crippen molar-refractivity contribution < 1.29 is 18.0 Å². The Morgan fingerprint density at radius 1 is 1.12 bits per heavy atom. The molecule has 0 radical (unpaired) electrons. The van der Waals surface area contributed by atoms with Gasteiger partial charge >= 0.3 is 6.03 Å². The van der Waals surface area contributed by atoms with Gasteiger partial charge in [-0.3, -0.25) is 20.5 Å². The number of hydrogen-bond acceptors (Lipinski definition) is 5. The van der Waals surface area contributed by atoms with Crippen LogP contribution in [0.5, 0.6) is 0 Å². The van der Waals surface area contributed by atoms with Crippen molar-refractivity contribution in [2.24, 2.45) is 5.73 Å². The molecule has 184 valence electrons. The molecule has 1 aliphatic heterocycles. The third kappa shape index (κ3) is 7.04. The molecule has 0 spiro atoms. The number of benzene rings is 1. The molecule has 12 heteroatoms. The SMILES string of the molecule is N=C(N)CCCCCN1CCC(c2cnc(NC(=O)Nc3cc(F)c(F)cc3F)[nH]c2=O)CC1. The molecule has 2 heterocycles. The second kappa shape index (κ2) is 11.6. The summed E-state index contributed by atoms with van der Waals surface area (Å²) in [4.78, 5) is 33.5. The predicted molar refractivity (Wildman–Crippen MR) is 123 cm³/mol. The van der Waals surface area contributed by atoms with Crippen molar-refractivity contribution in [3.05, 3.63) is 51.7 Å². The van der Waals surface area contributed by atoms with Crippen molar-refractivity contribution in [1.29, 1.82) is 5.41 Å². The minimum Gasteiger partial charge on any atom is -0.388 e. The third-order valence-corrected chi connectivity index (χ3v) is 5.76. The first kappa shape index (κ1) is 25.2. The van der Waals surface area contributed by atoms with Crippen LogP contribution in [0.15, 0.2) is 23.1 Å². The lowest BCUT2D eigenvalue weighted by molar-refractivity contribution is 0.208. The summed E-state index contributed by atoms with van der Waals surface area (Å²) in [6.07, 6.45) is 6.63. The summed E-state index contributed by atoms with van der Waals surface area (Å²) in [6, 6.07) is -0.139. The van der Waals surface area contributed by atoms with Crippen LogP contribution in [0.2, 0.25) is 0 Å². The Hall–Kier alpha value is -3.41. The maximum atomic E-state index is 13.7. The molecule has 1 fully saturated rings. The number of nitrogens with two attached hydrogens (primary N) is 1. The van der Waals surface area contributed by atoms with Crippen molar-refractivity contribution in [3.63, 3.8) is 0 Å². The predicted octanol–water partition coefficient (Wildman–Crippen LogP) is 3.51. The number of carbonyl (C=O) groups excluding carboxylic acids is 1. The smallest absolute Gasteiger partial charge is 0.326 e. The molecular weight excluding hydrogens is 451 g/mol. The van der Waals surface area contributed by atoms with Crippen molar-refractivity contribution in [2.75, 3.05) is 30.3 Å². The van der Waals surface area contributed by atoms with E-state index in [9.17, 15) is 22.8 Å². The Kier molecular flexibility index (Phi) is 8.63. The standard InChI is InChI=1S/C22H28F3N7O2/c23-15-10-17(25)18(11-16(15)24)29-22(34)31-21-28-12-14(20(33)30-21)13-5-8-32(9-6-13)7-3-1-2-4-19(26)27/h10-13H,1-9H2,(H3,26,27)(H3,28,29,30,31,33,34). The molecule has 1 aliphatic rings. The Morgan fingerprint density at radius 3 is 2.50 bits per heavy atom. The minimum atomic E-state index is -1.37. The Bertz CT molecular complexity index is 1080. The van der Waals surface area contributed by atoms with E-state index in [0.29, 0.717) is 24.1 Å². The Balaban J connectivity index is 1.49. The maximum Gasteiger partial charge on any atom is 0.326 e. The quantitative estimate of drug-likeness (QED) is 0.162. The number of nitrogens with one attached hydrogen (secondary N) is 4. The van der Waals surface area contributed by atoms with Crippen LogP contribution in [-0.4, -0.2) is 46.4 Å². The number of urea groups is 1. The minimum absolute atomic E-state index is 0.0457. The normalized spacial score (nSPS) is 14.7.